The molecule has 21 heavy (non-hydrogen) atoms. The van der Waals surface area contributed by atoms with E-state index in [1.54, 1.807) is 12.1 Å². The molecule has 0 aliphatic carbocycles. The number of likely N-dealkylation sites (N-methyl/N-ethyl adjacent to an activating group) is 1. The highest BCUT2D eigenvalue weighted by molar-refractivity contribution is 6.30. The molecule has 0 bridgehead atoms. The maximum atomic E-state index is 13.3. The van der Waals surface area contributed by atoms with Crippen molar-refractivity contribution in [2.75, 3.05) is 6.54 Å². The van der Waals surface area contributed by atoms with Gasteiger partial charge < -0.3 is 5.32 Å². The van der Waals surface area contributed by atoms with Gasteiger partial charge in [-0.3, -0.25) is 0 Å². The van der Waals surface area contributed by atoms with Crippen LogP contribution in [0.4, 0.5) is 4.39 Å². The van der Waals surface area contributed by atoms with Gasteiger partial charge in [0.1, 0.15) is 5.82 Å². The lowest BCUT2D eigenvalue weighted by atomic mass is 9.96. The Morgan fingerprint density at radius 3 is 2.48 bits per heavy atom. The predicted molar refractivity (Wildman–Crippen MR) is 87.4 cm³/mol. The summed E-state index contributed by atoms with van der Waals surface area (Å²) in [6, 6.07) is 11.7. The van der Waals surface area contributed by atoms with Crippen molar-refractivity contribution in [2.24, 2.45) is 0 Å². The first-order valence-electron chi connectivity index (χ1n) is 7.25. The van der Waals surface area contributed by atoms with Gasteiger partial charge >= 0.3 is 0 Å². The number of hydrogen-bond acceptors (Lipinski definition) is 1. The lowest BCUT2D eigenvalue weighted by molar-refractivity contribution is 0.548. The quantitative estimate of drug-likeness (QED) is 0.820. The summed E-state index contributed by atoms with van der Waals surface area (Å²) < 4.78 is 13.3. The lowest BCUT2D eigenvalue weighted by Crippen LogP contribution is -2.23. The Bertz CT molecular complexity index is 625. The highest BCUT2D eigenvalue weighted by Crippen LogP contribution is 2.23. The van der Waals surface area contributed by atoms with Crippen LogP contribution in [0.2, 0.25) is 5.02 Å². The summed E-state index contributed by atoms with van der Waals surface area (Å²) >= 11 is 5.87. The van der Waals surface area contributed by atoms with Crippen LogP contribution in [0.25, 0.3) is 0 Å². The molecule has 0 saturated carbocycles. The van der Waals surface area contributed by atoms with Gasteiger partial charge in [-0.05, 0) is 61.2 Å². The summed E-state index contributed by atoms with van der Waals surface area (Å²) in [6.45, 7) is 7.20. The summed E-state index contributed by atoms with van der Waals surface area (Å²) in [4.78, 5) is 0. The zero-order valence-corrected chi connectivity index (χ0v) is 13.5. The molecule has 0 fully saturated rings. The number of halogens is 2. The van der Waals surface area contributed by atoms with Crippen LogP contribution in [-0.2, 0) is 6.42 Å². The average molecular weight is 306 g/mol. The Hall–Kier alpha value is -1.38. The number of benzene rings is 2. The molecular formula is C18H21ClFN. The zero-order chi connectivity index (χ0) is 15.4. The van der Waals surface area contributed by atoms with Crippen molar-refractivity contribution in [3.8, 4) is 0 Å². The molecule has 0 spiro atoms. The molecule has 0 aliphatic heterocycles. The summed E-state index contributed by atoms with van der Waals surface area (Å²) in [5, 5.41) is 3.67. The van der Waals surface area contributed by atoms with Crippen LogP contribution in [0, 0.1) is 19.7 Å². The number of hydrogen-bond donors (Lipinski definition) is 1. The summed E-state index contributed by atoms with van der Waals surface area (Å²) in [6.07, 6.45) is 0.788. The van der Waals surface area contributed by atoms with E-state index in [4.69, 9.17) is 11.6 Å². The Morgan fingerprint density at radius 1 is 1.10 bits per heavy atom. The molecule has 2 rings (SSSR count). The van der Waals surface area contributed by atoms with Gasteiger partial charge in [0.05, 0.1) is 5.02 Å². The van der Waals surface area contributed by atoms with Gasteiger partial charge in [0.25, 0.3) is 0 Å². The molecule has 1 unspecified atom stereocenters. The van der Waals surface area contributed by atoms with Gasteiger partial charge in [0, 0.05) is 6.04 Å². The Balaban J connectivity index is 2.25. The summed E-state index contributed by atoms with van der Waals surface area (Å²) in [5.74, 6) is -0.369. The standard InChI is InChI=1S/C18H21ClFN/c1-4-21-18(15-7-5-12(2)13(3)9-15)11-14-6-8-17(20)16(19)10-14/h5-10,18,21H,4,11H2,1-3H3. The monoisotopic (exact) mass is 305 g/mol. The van der Waals surface area contributed by atoms with Crippen LogP contribution in [0.5, 0.6) is 0 Å². The lowest BCUT2D eigenvalue weighted by Gasteiger charge is -2.20. The average Bonchev–Trinajstić information content (AvgIpc) is 2.45. The second-order valence-corrected chi connectivity index (χ2v) is 5.81. The molecule has 0 aromatic heterocycles. The Morgan fingerprint density at radius 2 is 1.86 bits per heavy atom. The molecule has 3 heteroatoms. The van der Waals surface area contributed by atoms with E-state index in [0.29, 0.717) is 0 Å². The molecule has 1 atom stereocenters. The molecule has 0 aliphatic rings. The zero-order valence-electron chi connectivity index (χ0n) is 12.7. The second-order valence-electron chi connectivity index (χ2n) is 5.41. The van der Waals surface area contributed by atoms with E-state index in [1.165, 1.54) is 22.8 Å². The van der Waals surface area contributed by atoms with E-state index < -0.39 is 0 Å². The first kappa shape index (κ1) is 16.0. The first-order chi connectivity index (χ1) is 10.0. The maximum Gasteiger partial charge on any atom is 0.141 e. The summed E-state index contributed by atoms with van der Waals surface area (Å²) in [7, 11) is 0. The third kappa shape index (κ3) is 4.05. The molecular weight excluding hydrogens is 285 g/mol. The fourth-order valence-electron chi connectivity index (χ4n) is 2.44. The molecule has 1 N–H and O–H groups in total. The fraction of sp³-hybridized carbons (Fsp3) is 0.333. The van der Waals surface area contributed by atoms with Crippen molar-refractivity contribution >= 4 is 11.6 Å². The van der Waals surface area contributed by atoms with E-state index in [2.05, 4.69) is 44.3 Å². The van der Waals surface area contributed by atoms with Gasteiger partial charge in [-0.15, -0.1) is 0 Å². The van der Waals surface area contributed by atoms with Crippen LogP contribution < -0.4 is 5.32 Å². The minimum absolute atomic E-state index is 0.183. The van der Waals surface area contributed by atoms with Crippen molar-refractivity contribution in [1.29, 1.82) is 0 Å². The second kappa shape index (κ2) is 7.06. The van der Waals surface area contributed by atoms with Gasteiger partial charge in [-0.25, -0.2) is 4.39 Å². The SMILES string of the molecule is CCNC(Cc1ccc(F)c(Cl)c1)c1ccc(C)c(C)c1. The minimum atomic E-state index is -0.369. The summed E-state index contributed by atoms with van der Waals surface area (Å²) in [5.41, 5.74) is 4.86. The topological polar surface area (TPSA) is 12.0 Å². The van der Waals surface area contributed by atoms with E-state index >= 15 is 0 Å². The molecule has 1 nitrogen and oxygen atoms in total. The van der Waals surface area contributed by atoms with E-state index in [-0.39, 0.29) is 16.9 Å². The molecule has 0 heterocycles. The normalized spacial score (nSPS) is 12.4. The highest BCUT2D eigenvalue weighted by atomic mass is 35.5. The Kier molecular flexibility index (Phi) is 5.38. The van der Waals surface area contributed by atoms with Crippen molar-refractivity contribution in [3.63, 3.8) is 0 Å². The third-order valence-corrected chi connectivity index (χ3v) is 4.10. The molecule has 2 aromatic rings. The van der Waals surface area contributed by atoms with Crippen molar-refractivity contribution in [1.82, 2.24) is 5.32 Å². The van der Waals surface area contributed by atoms with Gasteiger partial charge in [0.2, 0.25) is 0 Å². The highest BCUT2D eigenvalue weighted by Gasteiger charge is 2.13. The van der Waals surface area contributed by atoms with Crippen LogP contribution in [0.15, 0.2) is 36.4 Å². The number of nitrogens with one attached hydrogen (secondary N) is 1. The van der Waals surface area contributed by atoms with Gasteiger partial charge in [-0.2, -0.15) is 0 Å². The van der Waals surface area contributed by atoms with Gasteiger partial charge in [-0.1, -0.05) is 42.8 Å². The van der Waals surface area contributed by atoms with E-state index in [1.807, 2.05) is 0 Å². The van der Waals surface area contributed by atoms with E-state index in [0.717, 1.165) is 18.5 Å². The molecule has 0 amide bonds. The van der Waals surface area contributed by atoms with Crippen molar-refractivity contribution in [3.05, 3.63) is 69.5 Å². The van der Waals surface area contributed by atoms with Crippen LogP contribution in [-0.4, -0.2) is 6.54 Å². The largest absolute Gasteiger partial charge is 0.310 e. The fourth-order valence-corrected chi connectivity index (χ4v) is 2.64. The molecule has 2 aromatic carbocycles. The molecule has 112 valence electrons. The predicted octanol–water partition coefficient (Wildman–Crippen LogP) is 4.99. The Labute approximate surface area is 131 Å². The first-order valence-corrected chi connectivity index (χ1v) is 7.63. The number of rotatable bonds is 5. The van der Waals surface area contributed by atoms with Gasteiger partial charge in [0.15, 0.2) is 0 Å². The number of aryl methyl sites for hydroxylation is 2. The molecule has 0 radical (unpaired) electrons. The van der Waals surface area contributed by atoms with Crippen molar-refractivity contribution < 1.29 is 4.39 Å². The minimum Gasteiger partial charge on any atom is -0.310 e. The van der Waals surface area contributed by atoms with Crippen LogP contribution in [0.3, 0.4) is 0 Å². The smallest absolute Gasteiger partial charge is 0.141 e. The van der Waals surface area contributed by atoms with Crippen molar-refractivity contribution in [2.45, 2.75) is 33.2 Å². The molecule has 0 saturated heterocycles. The van der Waals surface area contributed by atoms with Crippen LogP contribution in [0.1, 0.15) is 35.2 Å². The van der Waals surface area contributed by atoms with Crippen LogP contribution >= 0.6 is 11.6 Å². The maximum absolute atomic E-state index is 13.3. The van der Waals surface area contributed by atoms with E-state index in [9.17, 15) is 4.39 Å². The third-order valence-electron chi connectivity index (χ3n) is 3.81.